The molecule has 0 bridgehead atoms. The van der Waals surface area contributed by atoms with Crippen molar-refractivity contribution in [2.75, 3.05) is 6.54 Å². The molecule has 1 aliphatic heterocycles. The fraction of sp³-hybridized carbons (Fsp3) is 0.857. The van der Waals surface area contributed by atoms with E-state index >= 15 is 0 Å². The van der Waals surface area contributed by atoms with Crippen LogP contribution in [0.2, 0.25) is 0 Å². The van der Waals surface area contributed by atoms with Gasteiger partial charge < -0.3 is 4.90 Å². The summed E-state index contributed by atoms with van der Waals surface area (Å²) in [7, 11) is 0. The molecular weight excluding hydrogens is 112 g/mol. The van der Waals surface area contributed by atoms with Gasteiger partial charge in [-0.05, 0) is 20.8 Å². The zero-order valence-corrected chi connectivity index (χ0v) is 6.33. The molecule has 0 aromatic rings. The van der Waals surface area contributed by atoms with Gasteiger partial charge in [-0.3, -0.25) is 4.99 Å². The van der Waals surface area contributed by atoms with Gasteiger partial charge >= 0.3 is 0 Å². The van der Waals surface area contributed by atoms with Crippen LogP contribution in [0.5, 0.6) is 0 Å². The van der Waals surface area contributed by atoms with Crippen molar-refractivity contribution in [2.45, 2.75) is 32.9 Å². The first-order chi connectivity index (χ1) is 4.22. The van der Waals surface area contributed by atoms with Crippen LogP contribution in [0.25, 0.3) is 0 Å². The van der Waals surface area contributed by atoms with E-state index in [4.69, 9.17) is 0 Å². The Morgan fingerprint density at radius 1 is 1.67 bits per heavy atom. The molecule has 2 nitrogen and oxygen atoms in total. The van der Waals surface area contributed by atoms with Crippen molar-refractivity contribution in [3.63, 3.8) is 0 Å². The highest BCUT2D eigenvalue weighted by atomic mass is 15.2. The Labute approximate surface area is 56.6 Å². The van der Waals surface area contributed by atoms with Gasteiger partial charge in [0.05, 0.1) is 12.9 Å². The smallest absolute Gasteiger partial charge is 0.0856 e. The first-order valence-corrected chi connectivity index (χ1v) is 3.49. The highest BCUT2D eigenvalue weighted by Crippen LogP contribution is 2.07. The standard InChI is InChI=1S/C7H14N2/c1-6(2)9-5-8-4-7(9)3/h5-7H,4H2,1-3H3. The van der Waals surface area contributed by atoms with E-state index in [1.165, 1.54) is 0 Å². The molecule has 1 heterocycles. The lowest BCUT2D eigenvalue weighted by Gasteiger charge is -2.24. The van der Waals surface area contributed by atoms with Gasteiger partial charge in [-0.1, -0.05) is 0 Å². The highest BCUT2D eigenvalue weighted by Gasteiger charge is 2.16. The van der Waals surface area contributed by atoms with Crippen LogP contribution in [0, 0.1) is 0 Å². The highest BCUT2D eigenvalue weighted by molar-refractivity contribution is 5.58. The van der Waals surface area contributed by atoms with E-state index in [1.54, 1.807) is 0 Å². The predicted octanol–water partition coefficient (Wildman–Crippen LogP) is 1.13. The van der Waals surface area contributed by atoms with E-state index in [0.717, 1.165) is 6.54 Å². The minimum absolute atomic E-state index is 0.603. The Hall–Kier alpha value is -0.530. The fourth-order valence-electron chi connectivity index (χ4n) is 1.14. The van der Waals surface area contributed by atoms with E-state index in [0.29, 0.717) is 12.1 Å². The minimum atomic E-state index is 0.603. The van der Waals surface area contributed by atoms with Crippen LogP contribution in [0.15, 0.2) is 4.99 Å². The molecule has 0 radical (unpaired) electrons. The third-order valence-corrected chi connectivity index (χ3v) is 1.69. The van der Waals surface area contributed by atoms with Crippen LogP contribution in [0.3, 0.4) is 0 Å². The molecule has 1 atom stereocenters. The molecule has 2 heteroatoms. The maximum absolute atomic E-state index is 4.17. The van der Waals surface area contributed by atoms with Gasteiger partial charge in [0.1, 0.15) is 0 Å². The Morgan fingerprint density at radius 3 is 2.56 bits per heavy atom. The largest absolute Gasteiger partial charge is 0.356 e. The first-order valence-electron chi connectivity index (χ1n) is 3.49. The van der Waals surface area contributed by atoms with Gasteiger partial charge in [0.2, 0.25) is 0 Å². The van der Waals surface area contributed by atoms with Crippen LogP contribution in [0.1, 0.15) is 20.8 Å². The Morgan fingerprint density at radius 2 is 2.33 bits per heavy atom. The molecule has 0 aliphatic carbocycles. The molecule has 1 rings (SSSR count). The van der Waals surface area contributed by atoms with Crippen molar-refractivity contribution in [1.82, 2.24) is 4.90 Å². The molecule has 52 valence electrons. The first kappa shape index (κ1) is 6.59. The quantitative estimate of drug-likeness (QED) is 0.514. The molecule has 1 unspecified atom stereocenters. The molecule has 0 fully saturated rings. The Balaban J connectivity index is 2.49. The maximum atomic E-state index is 4.17. The second-order valence-corrected chi connectivity index (χ2v) is 2.87. The van der Waals surface area contributed by atoms with Crippen LogP contribution in [-0.2, 0) is 0 Å². The Kier molecular flexibility index (Phi) is 1.74. The lowest BCUT2D eigenvalue weighted by atomic mass is 10.2. The molecule has 9 heavy (non-hydrogen) atoms. The molecular formula is C7H14N2. The molecule has 0 aromatic heterocycles. The maximum Gasteiger partial charge on any atom is 0.0856 e. The Bertz CT molecular complexity index is 118. The summed E-state index contributed by atoms with van der Waals surface area (Å²) in [6.07, 6.45) is 1.95. The van der Waals surface area contributed by atoms with Crippen molar-refractivity contribution in [3.8, 4) is 0 Å². The normalized spacial score (nSPS) is 26.2. The summed E-state index contributed by atoms with van der Waals surface area (Å²) >= 11 is 0. The van der Waals surface area contributed by atoms with Gasteiger partial charge in [0.15, 0.2) is 0 Å². The van der Waals surface area contributed by atoms with Gasteiger partial charge in [-0.15, -0.1) is 0 Å². The number of nitrogens with zero attached hydrogens (tertiary/aromatic N) is 2. The van der Waals surface area contributed by atoms with Crippen LogP contribution < -0.4 is 0 Å². The van der Waals surface area contributed by atoms with Crippen LogP contribution in [-0.4, -0.2) is 29.9 Å². The minimum Gasteiger partial charge on any atom is -0.356 e. The molecule has 0 N–H and O–H groups in total. The van der Waals surface area contributed by atoms with E-state index in [9.17, 15) is 0 Å². The number of rotatable bonds is 1. The van der Waals surface area contributed by atoms with E-state index in [2.05, 4.69) is 30.7 Å². The average molecular weight is 126 g/mol. The summed E-state index contributed by atoms with van der Waals surface area (Å²) < 4.78 is 0. The summed E-state index contributed by atoms with van der Waals surface area (Å²) in [6, 6.07) is 1.22. The second kappa shape index (κ2) is 2.38. The van der Waals surface area contributed by atoms with Crippen molar-refractivity contribution in [2.24, 2.45) is 4.99 Å². The summed E-state index contributed by atoms with van der Waals surface area (Å²) in [4.78, 5) is 6.45. The number of hydrogen-bond donors (Lipinski definition) is 0. The van der Waals surface area contributed by atoms with Crippen LogP contribution in [0.4, 0.5) is 0 Å². The topological polar surface area (TPSA) is 15.6 Å². The van der Waals surface area contributed by atoms with Gasteiger partial charge in [-0.25, -0.2) is 0 Å². The summed E-state index contributed by atoms with van der Waals surface area (Å²) in [5.74, 6) is 0. The zero-order valence-electron chi connectivity index (χ0n) is 6.33. The van der Waals surface area contributed by atoms with Crippen molar-refractivity contribution >= 4 is 6.34 Å². The SMILES string of the molecule is CC(C)N1C=NCC1C. The van der Waals surface area contributed by atoms with Crippen LogP contribution >= 0.6 is 0 Å². The molecule has 0 spiro atoms. The lowest BCUT2D eigenvalue weighted by molar-refractivity contribution is 0.312. The molecule has 0 saturated heterocycles. The van der Waals surface area contributed by atoms with Gasteiger partial charge in [-0.2, -0.15) is 0 Å². The second-order valence-electron chi connectivity index (χ2n) is 2.87. The van der Waals surface area contributed by atoms with E-state index in [1.807, 2.05) is 6.34 Å². The van der Waals surface area contributed by atoms with Crippen molar-refractivity contribution < 1.29 is 0 Å². The summed E-state index contributed by atoms with van der Waals surface area (Å²) in [6.45, 7) is 7.55. The van der Waals surface area contributed by atoms with Crippen molar-refractivity contribution in [3.05, 3.63) is 0 Å². The predicted molar refractivity (Wildman–Crippen MR) is 39.8 cm³/mol. The fourth-order valence-corrected chi connectivity index (χ4v) is 1.14. The molecule has 0 aromatic carbocycles. The van der Waals surface area contributed by atoms with Crippen molar-refractivity contribution in [1.29, 1.82) is 0 Å². The molecule has 0 amide bonds. The van der Waals surface area contributed by atoms with E-state index < -0.39 is 0 Å². The average Bonchev–Trinajstić information content (AvgIpc) is 2.13. The summed E-state index contributed by atoms with van der Waals surface area (Å²) in [5, 5.41) is 0. The number of hydrogen-bond acceptors (Lipinski definition) is 2. The lowest BCUT2D eigenvalue weighted by Crippen LogP contribution is -2.34. The molecule has 0 saturated carbocycles. The third kappa shape index (κ3) is 1.23. The van der Waals surface area contributed by atoms with E-state index in [-0.39, 0.29) is 0 Å². The summed E-state index contributed by atoms with van der Waals surface area (Å²) in [5.41, 5.74) is 0. The molecule has 1 aliphatic rings. The third-order valence-electron chi connectivity index (χ3n) is 1.69. The monoisotopic (exact) mass is 126 g/mol. The number of aliphatic imine (C=N–C) groups is 1. The van der Waals surface area contributed by atoms with Gasteiger partial charge in [0, 0.05) is 12.1 Å². The van der Waals surface area contributed by atoms with Gasteiger partial charge in [0.25, 0.3) is 0 Å². The zero-order chi connectivity index (χ0) is 6.85.